The third-order valence-electron chi connectivity index (χ3n) is 4.43. The van der Waals surface area contributed by atoms with E-state index in [9.17, 15) is 9.59 Å². The number of amides is 3. The summed E-state index contributed by atoms with van der Waals surface area (Å²) >= 11 is 7.68. The van der Waals surface area contributed by atoms with E-state index in [1.807, 2.05) is 30.3 Å². The van der Waals surface area contributed by atoms with Gasteiger partial charge in [-0.1, -0.05) is 29.8 Å². The third-order valence-corrected chi connectivity index (χ3v) is 5.82. The van der Waals surface area contributed by atoms with Gasteiger partial charge in [-0.3, -0.25) is 19.5 Å². The lowest BCUT2D eigenvalue weighted by Gasteiger charge is -2.23. The largest absolute Gasteiger partial charge is 0.497 e. The highest BCUT2D eigenvalue weighted by Gasteiger charge is 2.26. The first-order valence-corrected chi connectivity index (χ1v) is 10.6. The number of rotatable bonds is 8. The molecule has 160 valence electrons. The van der Waals surface area contributed by atoms with E-state index in [2.05, 4.69) is 10.9 Å². The van der Waals surface area contributed by atoms with E-state index in [-0.39, 0.29) is 25.1 Å². The minimum atomic E-state index is -0.371. The summed E-state index contributed by atoms with van der Waals surface area (Å²) in [6.45, 7) is 2.22. The summed E-state index contributed by atoms with van der Waals surface area (Å²) in [7, 11) is 1.60. The minimum Gasteiger partial charge on any atom is -0.497 e. The second-order valence-electron chi connectivity index (χ2n) is 6.39. The SMILES string of the molecule is COc1ccc2c(c1)SCN2C(=O)NOCCN(NCc1ccccc1Cl)C(C)=O. The molecule has 0 aliphatic carbocycles. The van der Waals surface area contributed by atoms with Gasteiger partial charge in [0.15, 0.2) is 0 Å². The number of benzene rings is 2. The molecule has 1 heterocycles. The zero-order chi connectivity index (χ0) is 21.5. The second kappa shape index (κ2) is 10.5. The number of fused-ring (bicyclic) bond motifs is 1. The normalized spacial score (nSPS) is 12.4. The van der Waals surface area contributed by atoms with Gasteiger partial charge < -0.3 is 4.74 Å². The Kier molecular flexibility index (Phi) is 7.81. The fraction of sp³-hybridized carbons (Fsp3) is 0.300. The van der Waals surface area contributed by atoms with Gasteiger partial charge in [0, 0.05) is 23.4 Å². The van der Waals surface area contributed by atoms with Crippen LogP contribution >= 0.6 is 23.4 Å². The van der Waals surface area contributed by atoms with E-state index in [1.165, 1.54) is 11.9 Å². The van der Waals surface area contributed by atoms with Gasteiger partial charge in [-0.25, -0.2) is 15.7 Å². The first-order valence-electron chi connectivity index (χ1n) is 9.24. The van der Waals surface area contributed by atoms with Crippen LogP contribution in [0.5, 0.6) is 5.75 Å². The summed E-state index contributed by atoms with van der Waals surface area (Å²) in [5.41, 5.74) is 7.13. The van der Waals surface area contributed by atoms with Gasteiger partial charge in [0.2, 0.25) is 5.91 Å². The first-order chi connectivity index (χ1) is 14.5. The van der Waals surface area contributed by atoms with Crippen molar-refractivity contribution in [2.75, 3.05) is 31.0 Å². The average Bonchev–Trinajstić information content (AvgIpc) is 3.17. The predicted molar refractivity (Wildman–Crippen MR) is 116 cm³/mol. The molecule has 2 N–H and O–H groups in total. The van der Waals surface area contributed by atoms with Crippen LogP contribution in [-0.2, 0) is 16.2 Å². The number of carbonyl (C=O) groups is 2. The predicted octanol–water partition coefficient (Wildman–Crippen LogP) is 3.41. The van der Waals surface area contributed by atoms with Gasteiger partial charge in [-0.05, 0) is 29.8 Å². The van der Waals surface area contributed by atoms with Crippen LogP contribution in [0.25, 0.3) is 0 Å². The number of nitrogens with zero attached hydrogens (tertiary/aromatic N) is 2. The highest BCUT2D eigenvalue weighted by Crippen LogP contribution is 2.40. The standard InChI is InChI=1S/C20H23ClN4O4S/c1-14(26)25(22-12-15-5-3-4-6-17(15)21)9-10-29-23-20(27)24-13-30-19-11-16(28-2)7-8-18(19)24/h3-8,11,22H,9-10,12-13H2,1-2H3,(H,23,27). The maximum atomic E-state index is 12.4. The number of methoxy groups -OCH3 is 1. The maximum absolute atomic E-state index is 12.4. The molecule has 0 fully saturated rings. The molecular formula is C20H23ClN4O4S. The van der Waals surface area contributed by atoms with Crippen LogP contribution in [0.1, 0.15) is 12.5 Å². The summed E-state index contributed by atoms with van der Waals surface area (Å²) in [5, 5.41) is 2.04. The molecule has 10 heteroatoms. The Bertz CT molecular complexity index is 914. The molecule has 3 rings (SSSR count). The van der Waals surface area contributed by atoms with E-state index >= 15 is 0 Å². The molecule has 0 bridgehead atoms. The van der Waals surface area contributed by atoms with Gasteiger partial charge >= 0.3 is 6.03 Å². The highest BCUT2D eigenvalue weighted by molar-refractivity contribution is 8.00. The molecule has 0 spiro atoms. The average molecular weight is 451 g/mol. The number of hydrazine groups is 1. The number of carbonyl (C=O) groups excluding carboxylic acids is 2. The number of anilines is 1. The van der Waals surface area contributed by atoms with Crippen LogP contribution in [0.15, 0.2) is 47.4 Å². The lowest BCUT2D eigenvalue weighted by atomic mass is 10.2. The topological polar surface area (TPSA) is 83.1 Å². The Labute approximate surface area is 184 Å². The Balaban J connectivity index is 1.45. The molecule has 0 unspecified atom stereocenters. The number of hydrogen-bond acceptors (Lipinski definition) is 6. The highest BCUT2D eigenvalue weighted by atomic mass is 35.5. The van der Waals surface area contributed by atoms with Crippen LogP contribution in [-0.4, -0.2) is 43.1 Å². The van der Waals surface area contributed by atoms with Crippen molar-refractivity contribution in [1.82, 2.24) is 15.9 Å². The quantitative estimate of drug-likeness (QED) is 0.473. The Morgan fingerprint density at radius 2 is 2.07 bits per heavy atom. The van der Waals surface area contributed by atoms with E-state index < -0.39 is 0 Å². The molecular weight excluding hydrogens is 428 g/mol. The molecule has 0 atom stereocenters. The van der Waals surface area contributed by atoms with Crippen LogP contribution < -0.4 is 20.5 Å². The summed E-state index contributed by atoms with van der Waals surface area (Å²) < 4.78 is 5.21. The monoisotopic (exact) mass is 450 g/mol. The van der Waals surface area contributed by atoms with E-state index in [0.717, 1.165) is 21.9 Å². The molecule has 0 radical (unpaired) electrons. The Morgan fingerprint density at radius 3 is 2.80 bits per heavy atom. The molecule has 0 aromatic heterocycles. The van der Waals surface area contributed by atoms with Crippen molar-refractivity contribution in [2.24, 2.45) is 0 Å². The number of urea groups is 1. The zero-order valence-electron chi connectivity index (χ0n) is 16.7. The molecule has 8 nitrogen and oxygen atoms in total. The second-order valence-corrected chi connectivity index (χ2v) is 7.78. The summed E-state index contributed by atoms with van der Waals surface area (Å²) in [5.74, 6) is 1.06. The molecule has 2 aromatic carbocycles. The van der Waals surface area contributed by atoms with Crippen LogP contribution in [0.2, 0.25) is 5.02 Å². The van der Waals surface area contributed by atoms with Crippen molar-refractivity contribution in [3.05, 3.63) is 53.1 Å². The molecule has 1 aliphatic heterocycles. The third kappa shape index (κ3) is 5.57. The number of halogens is 1. The number of thioether (sulfide) groups is 1. The van der Waals surface area contributed by atoms with Crippen molar-refractivity contribution in [2.45, 2.75) is 18.4 Å². The molecule has 30 heavy (non-hydrogen) atoms. The van der Waals surface area contributed by atoms with Crippen molar-refractivity contribution < 1.29 is 19.2 Å². The maximum Gasteiger partial charge on any atom is 0.346 e. The molecule has 1 aliphatic rings. The van der Waals surface area contributed by atoms with Crippen molar-refractivity contribution in [3.63, 3.8) is 0 Å². The van der Waals surface area contributed by atoms with Crippen LogP contribution in [0, 0.1) is 0 Å². The molecule has 3 amide bonds. The van der Waals surface area contributed by atoms with Gasteiger partial charge in [-0.2, -0.15) is 0 Å². The van der Waals surface area contributed by atoms with Crippen molar-refractivity contribution >= 4 is 41.0 Å². The molecule has 0 saturated heterocycles. The number of hydroxylamine groups is 1. The van der Waals surface area contributed by atoms with Gasteiger partial charge in [0.25, 0.3) is 0 Å². The number of hydrogen-bond donors (Lipinski definition) is 2. The summed E-state index contributed by atoms with van der Waals surface area (Å²) in [6, 6.07) is 12.6. The summed E-state index contributed by atoms with van der Waals surface area (Å²) in [6.07, 6.45) is 0. The van der Waals surface area contributed by atoms with Crippen LogP contribution in [0.4, 0.5) is 10.5 Å². The zero-order valence-corrected chi connectivity index (χ0v) is 18.3. The van der Waals surface area contributed by atoms with Crippen molar-refractivity contribution in [1.29, 1.82) is 0 Å². The lowest BCUT2D eigenvalue weighted by molar-refractivity contribution is -0.133. The number of nitrogens with one attached hydrogen (secondary N) is 2. The first kappa shape index (κ1) is 22.2. The van der Waals surface area contributed by atoms with E-state index in [0.29, 0.717) is 17.4 Å². The van der Waals surface area contributed by atoms with E-state index in [4.69, 9.17) is 21.2 Å². The molecule has 2 aromatic rings. The number of ether oxygens (including phenoxy) is 1. The van der Waals surface area contributed by atoms with Crippen LogP contribution in [0.3, 0.4) is 0 Å². The van der Waals surface area contributed by atoms with E-state index in [1.54, 1.807) is 35.9 Å². The Hall–Kier alpha value is -2.46. The smallest absolute Gasteiger partial charge is 0.346 e. The summed E-state index contributed by atoms with van der Waals surface area (Å²) in [4.78, 5) is 32.1. The Morgan fingerprint density at radius 1 is 1.27 bits per heavy atom. The fourth-order valence-electron chi connectivity index (χ4n) is 2.81. The molecule has 0 saturated carbocycles. The minimum absolute atomic E-state index is 0.122. The van der Waals surface area contributed by atoms with Gasteiger partial charge in [-0.15, -0.1) is 11.8 Å². The van der Waals surface area contributed by atoms with Gasteiger partial charge in [0.1, 0.15) is 5.75 Å². The van der Waals surface area contributed by atoms with Crippen molar-refractivity contribution in [3.8, 4) is 5.75 Å². The van der Waals surface area contributed by atoms with Gasteiger partial charge in [0.05, 0.1) is 31.8 Å². The fourth-order valence-corrected chi connectivity index (χ4v) is 4.06. The lowest BCUT2D eigenvalue weighted by Crippen LogP contribution is -2.45.